The van der Waals surface area contributed by atoms with Gasteiger partial charge < -0.3 is 54.9 Å². The lowest BCUT2D eigenvalue weighted by Crippen LogP contribution is -2.31. The first-order chi connectivity index (χ1) is 30.1. The molecule has 328 valence electrons. The number of nitrogens with one attached hydrogen (secondary N) is 5. The molecule has 0 spiro atoms. The number of rotatable bonds is 14. The number of carbonyl (C=O) groups is 6. The van der Waals surface area contributed by atoms with Gasteiger partial charge in [-0.15, -0.1) is 11.6 Å². The van der Waals surface area contributed by atoms with Crippen LogP contribution < -0.4 is 31.5 Å². The number of anilines is 6. The van der Waals surface area contributed by atoms with E-state index in [4.69, 9.17) is 11.6 Å². The quantitative estimate of drug-likeness (QED) is 0.0661. The van der Waals surface area contributed by atoms with Crippen molar-refractivity contribution >= 4 is 92.1 Å². The molecule has 1 aliphatic heterocycles. The minimum Gasteiger partial charge on any atom is -0.507 e. The normalized spacial score (nSPS) is 13.2. The lowest BCUT2D eigenvalue weighted by atomic mass is 9.95. The zero-order valence-corrected chi connectivity index (χ0v) is 36.4. The molecule has 6 amide bonds. The molecule has 1 unspecified atom stereocenters. The smallest absolute Gasteiger partial charge is 0.291 e. The number of nitrogens with zero attached hydrogens (tertiary/aromatic N) is 6. The van der Waals surface area contributed by atoms with E-state index in [0.717, 1.165) is 5.56 Å². The van der Waals surface area contributed by atoms with Crippen molar-refractivity contribution in [1.29, 1.82) is 0 Å². The standard InChI is InChI=1S/C44H48ClN11O7/c1-7-9-37(58)46-26-14-32(52(3)20-26)42(61)48-27-15-33(53(4)21-27)41(60)47-25-11-12-29-30(13-25)35(57)17-31-39(29)24(18-45)19-56(31)44(63)34-16-28(22-54(34)5)49-43(62)40-51-36(23-55(40)6)50-38(59)10-8-2/h11-17,20-24,57H,7-10,18-19H2,1-6H3,(H,46,58)(H,47,60)(H,48,61)(H,49,62)(H,50,59). The van der Waals surface area contributed by atoms with Gasteiger partial charge in [0.1, 0.15) is 22.8 Å². The minimum absolute atomic E-state index is 0.0620. The van der Waals surface area contributed by atoms with Crippen LogP contribution >= 0.6 is 11.6 Å². The number of aromatic hydroxyl groups is 1. The van der Waals surface area contributed by atoms with E-state index >= 15 is 0 Å². The van der Waals surface area contributed by atoms with Gasteiger partial charge in [-0.1, -0.05) is 19.9 Å². The first-order valence-corrected chi connectivity index (χ1v) is 20.9. The molecule has 0 fully saturated rings. The number of imidazole rings is 1. The van der Waals surface area contributed by atoms with Gasteiger partial charge >= 0.3 is 0 Å². The average molecular weight is 878 g/mol. The maximum Gasteiger partial charge on any atom is 0.291 e. The van der Waals surface area contributed by atoms with E-state index < -0.39 is 17.7 Å². The van der Waals surface area contributed by atoms with E-state index in [-0.39, 0.29) is 64.8 Å². The monoisotopic (exact) mass is 877 g/mol. The maximum atomic E-state index is 14.2. The Labute approximate surface area is 367 Å². The van der Waals surface area contributed by atoms with Crippen molar-refractivity contribution in [2.75, 3.05) is 43.9 Å². The number of phenols is 1. The van der Waals surface area contributed by atoms with E-state index in [0.29, 0.717) is 70.6 Å². The summed E-state index contributed by atoms with van der Waals surface area (Å²) in [5.41, 5.74) is 3.70. The average Bonchev–Trinajstić information content (AvgIpc) is 4.05. The topological polar surface area (TPSA) is 219 Å². The zero-order valence-electron chi connectivity index (χ0n) is 35.6. The molecule has 0 radical (unpaired) electrons. The van der Waals surface area contributed by atoms with Crippen LogP contribution in [-0.4, -0.2) is 76.2 Å². The second kappa shape index (κ2) is 17.9. The summed E-state index contributed by atoms with van der Waals surface area (Å²) in [5, 5.41) is 26.4. The van der Waals surface area contributed by atoms with E-state index in [1.807, 2.05) is 13.8 Å². The Hall–Kier alpha value is -7.34. The molecule has 1 atom stereocenters. The number of hydrogen-bond donors (Lipinski definition) is 6. The van der Waals surface area contributed by atoms with Gasteiger partial charge in [-0.3, -0.25) is 28.8 Å². The van der Waals surface area contributed by atoms with Crippen molar-refractivity contribution in [2.24, 2.45) is 28.2 Å². The molecule has 1 aliphatic rings. The third-order valence-corrected chi connectivity index (χ3v) is 11.1. The second-order valence-corrected chi connectivity index (χ2v) is 15.9. The van der Waals surface area contributed by atoms with Gasteiger partial charge in [-0.25, -0.2) is 4.98 Å². The van der Waals surface area contributed by atoms with Crippen molar-refractivity contribution in [3.8, 4) is 5.75 Å². The maximum absolute atomic E-state index is 14.2. The fourth-order valence-corrected chi connectivity index (χ4v) is 8.02. The number of amides is 6. The first kappa shape index (κ1) is 43.7. The van der Waals surface area contributed by atoms with Crippen LogP contribution in [0.1, 0.15) is 93.1 Å². The number of alkyl halides is 1. The van der Waals surface area contributed by atoms with Crippen LogP contribution in [0.25, 0.3) is 10.8 Å². The van der Waals surface area contributed by atoms with Gasteiger partial charge in [0, 0.05) is 101 Å². The largest absolute Gasteiger partial charge is 0.507 e. The number of phenolic OH excluding ortho intramolecular Hbond substituents is 1. The van der Waals surface area contributed by atoms with Crippen molar-refractivity contribution < 1.29 is 33.9 Å². The first-order valence-electron chi connectivity index (χ1n) is 20.3. The summed E-state index contributed by atoms with van der Waals surface area (Å²) in [4.78, 5) is 84.0. The van der Waals surface area contributed by atoms with Crippen LogP contribution in [0.4, 0.5) is 34.3 Å². The SMILES string of the molecule is CCCC(=O)Nc1cc(C(=O)Nc2cc(C(=O)Nc3ccc4c5c(cc(O)c4c3)N(C(=O)c3cc(NC(=O)c4nc(NC(=O)CCC)cn4C)cn3C)CC5CCl)n(C)c2)n(C)c1. The Kier molecular flexibility index (Phi) is 12.5. The van der Waals surface area contributed by atoms with E-state index in [1.165, 1.54) is 10.6 Å². The summed E-state index contributed by atoms with van der Waals surface area (Å²) < 4.78 is 6.27. The lowest BCUT2D eigenvalue weighted by Gasteiger charge is -2.19. The molecule has 0 aliphatic carbocycles. The summed E-state index contributed by atoms with van der Waals surface area (Å²) >= 11 is 6.50. The molecule has 5 heterocycles. The highest BCUT2D eigenvalue weighted by molar-refractivity contribution is 6.19. The van der Waals surface area contributed by atoms with Crippen LogP contribution in [0.5, 0.6) is 5.75 Å². The fourth-order valence-electron chi connectivity index (χ4n) is 7.77. The van der Waals surface area contributed by atoms with Crippen molar-refractivity contribution in [3.05, 3.63) is 95.7 Å². The molecule has 0 saturated heterocycles. The van der Waals surface area contributed by atoms with Crippen molar-refractivity contribution in [2.45, 2.75) is 45.4 Å². The Morgan fingerprint density at radius 3 is 1.79 bits per heavy atom. The third-order valence-electron chi connectivity index (χ3n) is 10.7. The van der Waals surface area contributed by atoms with Crippen molar-refractivity contribution in [1.82, 2.24) is 23.3 Å². The number of benzene rings is 2. The fraction of sp³-hybridized carbons (Fsp3) is 0.295. The highest BCUT2D eigenvalue weighted by Crippen LogP contribution is 2.46. The number of carbonyl (C=O) groups excluding carboxylic acids is 6. The molecule has 0 saturated carbocycles. The molecule has 0 bridgehead atoms. The number of aromatic nitrogens is 5. The zero-order chi connectivity index (χ0) is 45.3. The highest BCUT2D eigenvalue weighted by Gasteiger charge is 2.36. The predicted octanol–water partition coefficient (Wildman–Crippen LogP) is 6.51. The molecule has 63 heavy (non-hydrogen) atoms. The summed E-state index contributed by atoms with van der Waals surface area (Å²) in [6.45, 7) is 4.02. The Morgan fingerprint density at radius 2 is 1.19 bits per heavy atom. The Bertz CT molecular complexity index is 2810. The summed E-state index contributed by atoms with van der Waals surface area (Å²) in [5.74, 6) is -2.07. The summed E-state index contributed by atoms with van der Waals surface area (Å²) in [6, 6.07) is 11.3. The second-order valence-electron chi connectivity index (χ2n) is 15.5. The number of hydrogen-bond acceptors (Lipinski definition) is 8. The molecule has 6 N–H and O–H groups in total. The molecule has 6 aromatic rings. The molecular formula is C44H48ClN11O7. The Morgan fingerprint density at radius 1 is 0.651 bits per heavy atom. The van der Waals surface area contributed by atoms with Gasteiger partial charge in [0.15, 0.2) is 5.82 Å². The molecule has 18 nitrogen and oxygen atoms in total. The van der Waals surface area contributed by atoms with E-state index in [1.54, 1.807) is 108 Å². The molecule has 2 aromatic carbocycles. The van der Waals surface area contributed by atoms with Crippen LogP contribution in [0.3, 0.4) is 0 Å². The van der Waals surface area contributed by atoms with Crippen LogP contribution in [-0.2, 0) is 37.8 Å². The molecule has 7 rings (SSSR count). The van der Waals surface area contributed by atoms with Crippen LogP contribution in [0, 0.1) is 0 Å². The predicted molar refractivity (Wildman–Crippen MR) is 241 cm³/mol. The number of aryl methyl sites for hydroxylation is 4. The van der Waals surface area contributed by atoms with Gasteiger partial charge in [-0.2, -0.15) is 0 Å². The Balaban J connectivity index is 1.05. The molecular weight excluding hydrogens is 830 g/mol. The van der Waals surface area contributed by atoms with Gasteiger partial charge in [0.2, 0.25) is 17.6 Å². The van der Waals surface area contributed by atoms with E-state index in [2.05, 4.69) is 31.6 Å². The van der Waals surface area contributed by atoms with Crippen LogP contribution in [0.15, 0.2) is 67.3 Å². The van der Waals surface area contributed by atoms with E-state index in [9.17, 15) is 33.9 Å². The molecule has 4 aromatic heterocycles. The van der Waals surface area contributed by atoms with Gasteiger partial charge in [-0.05, 0) is 54.1 Å². The highest BCUT2D eigenvalue weighted by atomic mass is 35.5. The summed E-state index contributed by atoms with van der Waals surface area (Å²) in [7, 11) is 6.68. The minimum atomic E-state index is -0.537. The summed E-state index contributed by atoms with van der Waals surface area (Å²) in [6.07, 6.45) is 8.46. The van der Waals surface area contributed by atoms with Crippen LogP contribution in [0.2, 0.25) is 0 Å². The number of halogens is 1. The third kappa shape index (κ3) is 9.02. The van der Waals surface area contributed by atoms with Gasteiger partial charge in [0.25, 0.3) is 23.6 Å². The molecule has 19 heteroatoms. The lowest BCUT2D eigenvalue weighted by molar-refractivity contribution is -0.117. The number of fused-ring (bicyclic) bond motifs is 3. The van der Waals surface area contributed by atoms with Gasteiger partial charge in [0.05, 0.1) is 22.7 Å². The van der Waals surface area contributed by atoms with Crippen molar-refractivity contribution in [3.63, 3.8) is 0 Å².